The van der Waals surface area contributed by atoms with Gasteiger partial charge in [-0.15, -0.1) is 12.4 Å². The van der Waals surface area contributed by atoms with Crippen molar-refractivity contribution >= 4 is 12.4 Å². The Kier molecular flexibility index (Phi) is 5.67. The van der Waals surface area contributed by atoms with Crippen molar-refractivity contribution in [2.75, 3.05) is 13.1 Å². The van der Waals surface area contributed by atoms with Gasteiger partial charge in [0.05, 0.1) is 0 Å². The van der Waals surface area contributed by atoms with Gasteiger partial charge < -0.3 is 5.11 Å². The molecule has 2 atom stereocenters. The van der Waals surface area contributed by atoms with Crippen LogP contribution in [0.3, 0.4) is 0 Å². The Bertz CT molecular complexity index is 959. The number of likely N-dealkylation sites (tertiary alicyclic amines) is 1. The highest BCUT2D eigenvalue weighted by atomic mass is 35.5. The van der Waals surface area contributed by atoms with Crippen molar-refractivity contribution in [3.8, 4) is 5.75 Å². The van der Waals surface area contributed by atoms with Gasteiger partial charge in [-0.25, -0.2) is 0 Å². The van der Waals surface area contributed by atoms with Gasteiger partial charge in [-0.05, 0) is 66.6 Å². The highest BCUT2D eigenvalue weighted by molar-refractivity contribution is 5.85. The second kappa shape index (κ2) is 8.22. The molecule has 0 saturated carbocycles. The molecule has 1 aliphatic carbocycles. The number of hydrogen-bond acceptors (Lipinski definition) is 2. The van der Waals surface area contributed by atoms with Crippen LogP contribution in [0.15, 0.2) is 78.9 Å². The highest BCUT2D eigenvalue weighted by Crippen LogP contribution is 2.49. The molecule has 2 unspecified atom stereocenters. The van der Waals surface area contributed by atoms with E-state index in [0.29, 0.717) is 11.8 Å². The van der Waals surface area contributed by atoms with Gasteiger partial charge >= 0.3 is 0 Å². The number of hydrogen-bond donors (Lipinski definition) is 1. The van der Waals surface area contributed by atoms with E-state index in [-0.39, 0.29) is 17.8 Å². The fourth-order valence-electron chi connectivity index (χ4n) is 5.42. The van der Waals surface area contributed by atoms with E-state index in [4.69, 9.17) is 0 Å². The number of piperidine rings is 1. The molecule has 150 valence electrons. The van der Waals surface area contributed by atoms with Gasteiger partial charge in [0.1, 0.15) is 5.75 Å². The lowest BCUT2D eigenvalue weighted by atomic mass is 9.60. The zero-order valence-corrected chi connectivity index (χ0v) is 17.4. The molecule has 1 fully saturated rings. The Morgan fingerprint density at radius 2 is 1.66 bits per heavy atom. The maximum atomic E-state index is 10.2. The van der Waals surface area contributed by atoms with Crippen LogP contribution in [-0.2, 0) is 18.3 Å². The van der Waals surface area contributed by atoms with E-state index in [2.05, 4.69) is 71.6 Å². The van der Waals surface area contributed by atoms with Crippen LogP contribution in [0.25, 0.3) is 0 Å². The molecule has 3 aromatic carbocycles. The molecule has 3 aromatic rings. The van der Waals surface area contributed by atoms with E-state index in [0.717, 1.165) is 38.8 Å². The summed E-state index contributed by atoms with van der Waals surface area (Å²) in [5, 5.41) is 10.2. The molecule has 0 aromatic heterocycles. The summed E-state index contributed by atoms with van der Waals surface area (Å²) < 4.78 is 0. The fraction of sp³-hybridized carbons (Fsp3) is 0.308. The fourth-order valence-corrected chi connectivity index (χ4v) is 5.42. The van der Waals surface area contributed by atoms with E-state index < -0.39 is 0 Å². The lowest BCUT2D eigenvalue weighted by Crippen LogP contribution is -2.54. The average molecular weight is 406 g/mol. The third kappa shape index (κ3) is 3.68. The largest absolute Gasteiger partial charge is 0.508 e. The molecule has 29 heavy (non-hydrogen) atoms. The van der Waals surface area contributed by atoms with Crippen molar-refractivity contribution in [1.29, 1.82) is 0 Å². The van der Waals surface area contributed by atoms with Crippen LogP contribution in [0, 0.1) is 0 Å². The molecule has 1 saturated heterocycles. The molecule has 2 aliphatic rings. The predicted octanol–water partition coefficient (Wildman–Crippen LogP) is 5.36. The molecular weight excluding hydrogens is 378 g/mol. The minimum atomic E-state index is 0. The Morgan fingerprint density at radius 3 is 2.41 bits per heavy atom. The number of benzene rings is 3. The van der Waals surface area contributed by atoms with Gasteiger partial charge in [-0.1, -0.05) is 66.7 Å². The second-order valence-electron chi connectivity index (χ2n) is 8.37. The summed E-state index contributed by atoms with van der Waals surface area (Å²) in [6.07, 6.45) is 4.44. The molecule has 5 rings (SSSR count). The molecule has 1 heterocycles. The van der Waals surface area contributed by atoms with Crippen molar-refractivity contribution in [1.82, 2.24) is 4.90 Å². The number of aromatic hydroxyl groups is 1. The molecule has 0 spiro atoms. The topological polar surface area (TPSA) is 23.5 Å². The standard InChI is InChI=1S/C26H27NO.ClH/c28-24-12-11-21-17-23-19-26(25(21)18-24,22-9-5-2-6-10-22)14-16-27(23)15-13-20-7-3-1-4-8-20;/h1-12,18,23,28H,13-17,19H2;1H. The molecule has 3 heteroatoms. The van der Waals surface area contributed by atoms with Gasteiger partial charge in [0.25, 0.3) is 0 Å². The monoisotopic (exact) mass is 405 g/mol. The van der Waals surface area contributed by atoms with Gasteiger partial charge in [-0.3, -0.25) is 4.90 Å². The quantitative estimate of drug-likeness (QED) is 0.631. The molecule has 1 N–H and O–H groups in total. The number of rotatable bonds is 4. The predicted molar refractivity (Wildman–Crippen MR) is 121 cm³/mol. The first-order valence-electron chi connectivity index (χ1n) is 10.4. The third-order valence-corrected chi connectivity index (χ3v) is 6.85. The lowest BCUT2D eigenvalue weighted by Gasteiger charge is -2.52. The maximum Gasteiger partial charge on any atom is 0.115 e. The molecule has 0 amide bonds. The van der Waals surface area contributed by atoms with Crippen LogP contribution >= 0.6 is 12.4 Å². The zero-order chi connectivity index (χ0) is 19.0. The van der Waals surface area contributed by atoms with Gasteiger partial charge in [0, 0.05) is 18.0 Å². The smallest absolute Gasteiger partial charge is 0.115 e. The first-order valence-corrected chi connectivity index (χ1v) is 10.4. The summed E-state index contributed by atoms with van der Waals surface area (Å²) >= 11 is 0. The van der Waals surface area contributed by atoms with Crippen LogP contribution < -0.4 is 0 Å². The van der Waals surface area contributed by atoms with Gasteiger partial charge in [0.2, 0.25) is 0 Å². The number of phenols is 1. The SMILES string of the molecule is Cl.Oc1ccc2c(c1)C1(c3ccccc3)CCN(CCc3ccccc3)C(C2)C1. The minimum absolute atomic E-state index is 0. The third-order valence-electron chi connectivity index (χ3n) is 6.85. The van der Waals surface area contributed by atoms with Crippen molar-refractivity contribution < 1.29 is 5.11 Å². The summed E-state index contributed by atoms with van der Waals surface area (Å²) in [7, 11) is 0. The summed E-state index contributed by atoms with van der Waals surface area (Å²) in [5.74, 6) is 0.388. The van der Waals surface area contributed by atoms with Gasteiger partial charge in [-0.2, -0.15) is 0 Å². The van der Waals surface area contributed by atoms with Crippen LogP contribution in [-0.4, -0.2) is 29.1 Å². The van der Waals surface area contributed by atoms with E-state index in [1.165, 1.54) is 22.3 Å². The zero-order valence-electron chi connectivity index (χ0n) is 16.6. The van der Waals surface area contributed by atoms with Gasteiger partial charge in [0.15, 0.2) is 0 Å². The number of halogens is 1. The van der Waals surface area contributed by atoms with E-state index in [9.17, 15) is 5.11 Å². The van der Waals surface area contributed by atoms with Crippen LogP contribution in [0.1, 0.15) is 35.1 Å². The Hall–Kier alpha value is -2.29. The Balaban J connectivity index is 0.00000205. The number of phenolic OH excluding ortho intramolecular Hbond substituents is 1. The summed E-state index contributed by atoms with van der Waals surface area (Å²) in [5.41, 5.74) is 5.60. The highest BCUT2D eigenvalue weighted by Gasteiger charge is 2.46. The molecule has 1 aliphatic heterocycles. The van der Waals surface area contributed by atoms with E-state index in [1.807, 2.05) is 12.1 Å². The summed E-state index contributed by atoms with van der Waals surface area (Å²) in [4.78, 5) is 2.70. The Morgan fingerprint density at radius 1 is 0.931 bits per heavy atom. The van der Waals surface area contributed by atoms with Crippen molar-refractivity contribution in [3.63, 3.8) is 0 Å². The molecular formula is C26H28ClNO. The van der Waals surface area contributed by atoms with E-state index in [1.54, 1.807) is 0 Å². The van der Waals surface area contributed by atoms with Crippen LogP contribution in [0.4, 0.5) is 0 Å². The Labute approximate surface area is 179 Å². The van der Waals surface area contributed by atoms with Crippen molar-refractivity contribution in [2.45, 2.75) is 37.1 Å². The molecule has 0 radical (unpaired) electrons. The first kappa shape index (κ1) is 20.0. The average Bonchev–Trinajstić information content (AvgIpc) is 2.75. The second-order valence-corrected chi connectivity index (χ2v) is 8.37. The molecule has 2 bridgehead atoms. The maximum absolute atomic E-state index is 10.2. The van der Waals surface area contributed by atoms with Crippen LogP contribution in [0.5, 0.6) is 5.75 Å². The number of fused-ring (bicyclic) bond motifs is 4. The summed E-state index contributed by atoms with van der Waals surface area (Å²) in [6.45, 7) is 2.23. The summed E-state index contributed by atoms with van der Waals surface area (Å²) in [6, 6.07) is 28.4. The number of nitrogens with zero attached hydrogens (tertiary/aromatic N) is 1. The lowest BCUT2D eigenvalue weighted by molar-refractivity contribution is 0.0970. The first-order chi connectivity index (χ1) is 13.7. The normalized spacial score (nSPS) is 23.1. The van der Waals surface area contributed by atoms with E-state index >= 15 is 0 Å². The minimum Gasteiger partial charge on any atom is -0.508 e. The van der Waals surface area contributed by atoms with Crippen molar-refractivity contribution in [2.24, 2.45) is 0 Å². The molecule has 2 nitrogen and oxygen atoms in total. The van der Waals surface area contributed by atoms with Crippen molar-refractivity contribution in [3.05, 3.63) is 101 Å². The van der Waals surface area contributed by atoms with Crippen LogP contribution in [0.2, 0.25) is 0 Å².